The van der Waals surface area contributed by atoms with Crippen molar-refractivity contribution >= 4 is 27.7 Å². The van der Waals surface area contributed by atoms with Crippen molar-refractivity contribution in [2.24, 2.45) is 12.8 Å². The minimum atomic E-state index is -0.351. The summed E-state index contributed by atoms with van der Waals surface area (Å²) < 4.78 is 2.59. The van der Waals surface area contributed by atoms with E-state index in [1.54, 1.807) is 23.9 Å². The van der Waals surface area contributed by atoms with Crippen LogP contribution in [0.25, 0.3) is 0 Å². The SMILES string of the molecule is Cn1cc(Br)cc1C(=O)NCCCC(N)=O. The molecule has 0 fully saturated rings. The third kappa shape index (κ3) is 3.69. The summed E-state index contributed by atoms with van der Waals surface area (Å²) in [6.45, 7) is 0.449. The van der Waals surface area contributed by atoms with E-state index in [2.05, 4.69) is 21.2 Å². The smallest absolute Gasteiger partial charge is 0.267 e. The van der Waals surface area contributed by atoms with Crippen molar-refractivity contribution in [1.82, 2.24) is 9.88 Å². The summed E-state index contributed by atoms with van der Waals surface area (Å²) in [7, 11) is 1.79. The molecule has 5 nitrogen and oxygen atoms in total. The van der Waals surface area contributed by atoms with Crippen LogP contribution in [-0.4, -0.2) is 22.9 Å². The van der Waals surface area contributed by atoms with E-state index in [1.807, 2.05) is 0 Å². The number of rotatable bonds is 5. The number of nitrogens with one attached hydrogen (secondary N) is 1. The molecule has 1 heterocycles. The number of primary amides is 1. The summed E-state index contributed by atoms with van der Waals surface area (Å²) in [5.41, 5.74) is 5.56. The van der Waals surface area contributed by atoms with Crippen LogP contribution in [0.15, 0.2) is 16.7 Å². The average molecular weight is 288 g/mol. The first kappa shape index (κ1) is 12.8. The summed E-state index contributed by atoms with van der Waals surface area (Å²) in [5, 5.41) is 2.72. The van der Waals surface area contributed by atoms with Gasteiger partial charge in [-0.1, -0.05) is 0 Å². The largest absolute Gasteiger partial charge is 0.370 e. The third-order valence-electron chi connectivity index (χ3n) is 2.09. The second-order valence-electron chi connectivity index (χ2n) is 3.48. The molecule has 0 unspecified atom stereocenters. The first-order chi connectivity index (χ1) is 7.50. The standard InChI is InChI=1S/C10H14BrN3O2/c1-14-6-7(11)5-8(14)10(16)13-4-2-3-9(12)15/h5-6H,2-4H2,1H3,(H2,12,15)(H,13,16). The van der Waals surface area contributed by atoms with Crippen molar-refractivity contribution in [3.8, 4) is 0 Å². The van der Waals surface area contributed by atoms with Crippen LogP contribution in [0.5, 0.6) is 0 Å². The number of nitrogens with zero attached hydrogens (tertiary/aromatic N) is 1. The molecule has 0 atom stereocenters. The fourth-order valence-corrected chi connectivity index (χ4v) is 1.83. The highest BCUT2D eigenvalue weighted by Gasteiger charge is 2.09. The molecule has 88 valence electrons. The maximum Gasteiger partial charge on any atom is 0.267 e. The molecule has 0 aromatic carbocycles. The van der Waals surface area contributed by atoms with Crippen LogP contribution in [0.1, 0.15) is 23.3 Å². The van der Waals surface area contributed by atoms with Gasteiger partial charge in [-0.15, -0.1) is 0 Å². The van der Waals surface area contributed by atoms with Gasteiger partial charge in [0.25, 0.3) is 5.91 Å². The first-order valence-electron chi connectivity index (χ1n) is 4.89. The number of aryl methyl sites for hydroxylation is 1. The third-order valence-corrected chi connectivity index (χ3v) is 2.52. The van der Waals surface area contributed by atoms with E-state index < -0.39 is 0 Å². The van der Waals surface area contributed by atoms with E-state index in [0.29, 0.717) is 18.7 Å². The van der Waals surface area contributed by atoms with Crippen LogP contribution in [0.2, 0.25) is 0 Å². The van der Waals surface area contributed by atoms with Gasteiger partial charge < -0.3 is 15.6 Å². The highest BCUT2D eigenvalue weighted by Crippen LogP contribution is 2.13. The Morgan fingerprint density at radius 1 is 1.56 bits per heavy atom. The molecule has 1 aromatic rings. The molecule has 16 heavy (non-hydrogen) atoms. The molecule has 0 saturated carbocycles. The molecule has 3 N–H and O–H groups in total. The van der Waals surface area contributed by atoms with Gasteiger partial charge in [0, 0.05) is 30.7 Å². The zero-order valence-electron chi connectivity index (χ0n) is 9.00. The molecule has 0 bridgehead atoms. The fourth-order valence-electron chi connectivity index (χ4n) is 1.31. The minimum Gasteiger partial charge on any atom is -0.370 e. The van der Waals surface area contributed by atoms with Crippen molar-refractivity contribution in [3.05, 3.63) is 22.4 Å². The molecule has 1 rings (SSSR count). The molecule has 2 amide bonds. The molecule has 0 saturated heterocycles. The van der Waals surface area contributed by atoms with Gasteiger partial charge in [-0.25, -0.2) is 0 Å². The molecular weight excluding hydrogens is 274 g/mol. The van der Waals surface area contributed by atoms with Crippen LogP contribution in [-0.2, 0) is 11.8 Å². The van der Waals surface area contributed by atoms with Gasteiger partial charge in [-0.2, -0.15) is 0 Å². The number of halogens is 1. The number of carbonyl (C=O) groups excluding carboxylic acids is 2. The summed E-state index contributed by atoms with van der Waals surface area (Å²) in [4.78, 5) is 22.1. The molecule has 0 spiro atoms. The molecule has 0 aliphatic carbocycles. The summed E-state index contributed by atoms with van der Waals surface area (Å²) in [6.07, 6.45) is 2.65. The quantitative estimate of drug-likeness (QED) is 0.786. The van der Waals surface area contributed by atoms with Gasteiger partial charge in [-0.05, 0) is 28.4 Å². The van der Waals surface area contributed by atoms with Crippen LogP contribution in [0.4, 0.5) is 0 Å². The van der Waals surface area contributed by atoms with E-state index in [9.17, 15) is 9.59 Å². The average Bonchev–Trinajstić information content (AvgIpc) is 2.52. The highest BCUT2D eigenvalue weighted by atomic mass is 79.9. The molecule has 1 aromatic heterocycles. The fraction of sp³-hybridized carbons (Fsp3) is 0.400. The number of aromatic nitrogens is 1. The normalized spacial score (nSPS) is 10.1. The molecular formula is C10H14BrN3O2. The van der Waals surface area contributed by atoms with Crippen molar-refractivity contribution < 1.29 is 9.59 Å². The van der Waals surface area contributed by atoms with Gasteiger partial charge in [0.05, 0.1) is 0 Å². The topological polar surface area (TPSA) is 77.1 Å². The Kier molecular flexibility index (Phi) is 4.54. The Hall–Kier alpha value is -1.30. The molecule has 0 aliphatic heterocycles. The number of amides is 2. The number of nitrogens with two attached hydrogens (primary N) is 1. The Balaban J connectivity index is 2.41. The van der Waals surface area contributed by atoms with E-state index in [1.165, 1.54) is 0 Å². The molecule has 0 radical (unpaired) electrons. The lowest BCUT2D eigenvalue weighted by molar-refractivity contribution is -0.118. The minimum absolute atomic E-state index is 0.155. The maximum atomic E-state index is 11.7. The van der Waals surface area contributed by atoms with Gasteiger partial charge in [0.2, 0.25) is 5.91 Å². The lowest BCUT2D eigenvalue weighted by Gasteiger charge is -2.04. The van der Waals surface area contributed by atoms with Gasteiger partial charge >= 0.3 is 0 Å². The summed E-state index contributed by atoms with van der Waals surface area (Å²) in [5.74, 6) is -0.506. The van der Waals surface area contributed by atoms with Crippen molar-refractivity contribution in [2.75, 3.05) is 6.54 Å². The van der Waals surface area contributed by atoms with Crippen molar-refractivity contribution in [2.45, 2.75) is 12.8 Å². The number of hydrogen-bond donors (Lipinski definition) is 2. The van der Waals surface area contributed by atoms with Crippen LogP contribution in [0.3, 0.4) is 0 Å². The molecule has 6 heteroatoms. The second kappa shape index (κ2) is 5.69. The number of carbonyl (C=O) groups is 2. The lowest BCUT2D eigenvalue weighted by atomic mass is 10.3. The Labute approximate surface area is 102 Å². The predicted octanol–water partition coefficient (Wildman–Crippen LogP) is 0.783. The Morgan fingerprint density at radius 2 is 2.25 bits per heavy atom. The van der Waals surface area contributed by atoms with Crippen LogP contribution in [0, 0.1) is 0 Å². The monoisotopic (exact) mass is 287 g/mol. The Morgan fingerprint density at radius 3 is 2.75 bits per heavy atom. The Bertz CT molecular complexity index is 401. The van der Waals surface area contributed by atoms with E-state index in [-0.39, 0.29) is 18.2 Å². The lowest BCUT2D eigenvalue weighted by Crippen LogP contribution is -2.27. The van der Waals surface area contributed by atoms with E-state index in [4.69, 9.17) is 5.73 Å². The molecule has 0 aliphatic rings. The summed E-state index contributed by atoms with van der Waals surface area (Å²) in [6, 6.07) is 1.74. The van der Waals surface area contributed by atoms with E-state index >= 15 is 0 Å². The van der Waals surface area contributed by atoms with Crippen LogP contribution < -0.4 is 11.1 Å². The zero-order chi connectivity index (χ0) is 12.1. The number of hydrogen-bond acceptors (Lipinski definition) is 2. The predicted molar refractivity (Wildman–Crippen MR) is 63.9 cm³/mol. The highest BCUT2D eigenvalue weighted by molar-refractivity contribution is 9.10. The maximum absolute atomic E-state index is 11.7. The van der Waals surface area contributed by atoms with Gasteiger partial charge in [0.15, 0.2) is 0 Å². The first-order valence-corrected chi connectivity index (χ1v) is 5.68. The zero-order valence-corrected chi connectivity index (χ0v) is 10.6. The van der Waals surface area contributed by atoms with Crippen LogP contribution >= 0.6 is 15.9 Å². The summed E-state index contributed by atoms with van der Waals surface area (Å²) >= 11 is 3.29. The van der Waals surface area contributed by atoms with Crippen molar-refractivity contribution in [1.29, 1.82) is 0 Å². The van der Waals surface area contributed by atoms with Crippen molar-refractivity contribution in [3.63, 3.8) is 0 Å². The van der Waals surface area contributed by atoms with Gasteiger partial charge in [-0.3, -0.25) is 9.59 Å². The van der Waals surface area contributed by atoms with E-state index in [0.717, 1.165) is 4.47 Å². The van der Waals surface area contributed by atoms with Gasteiger partial charge in [0.1, 0.15) is 5.69 Å². The second-order valence-corrected chi connectivity index (χ2v) is 4.40.